The van der Waals surface area contributed by atoms with Crippen LogP contribution in [0.2, 0.25) is 5.02 Å². The van der Waals surface area contributed by atoms with Gasteiger partial charge in [0.15, 0.2) is 0 Å². The number of allylic oxidation sites excluding steroid dienone is 1. The molecular weight excluding hydrogens is 464 g/mol. The molecule has 2 amide bonds. The smallest absolute Gasteiger partial charge is 0.322 e. The summed E-state index contributed by atoms with van der Waals surface area (Å²) >= 11 is 6.16. The molecule has 7 nitrogen and oxygen atoms in total. The second-order valence-electron chi connectivity index (χ2n) is 8.16. The molecule has 5 rings (SSSR count). The Morgan fingerprint density at radius 3 is 2.63 bits per heavy atom. The minimum Gasteiger partial charge on any atom is -0.497 e. The van der Waals surface area contributed by atoms with Gasteiger partial charge in [-0.25, -0.2) is 4.79 Å². The molecule has 0 saturated carbocycles. The van der Waals surface area contributed by atoms with Crippen LogP contribution < -0.4 is 10.1 Å². The third kappa shape index (κ3) is 4.63. The fourth-order valence-corrected chi connectivity index (χ4v) is 4.35. The lowest BCUT2D eigenvalue weighted by atomic mass is 9.94. The van der Waals surface area contributed by atoms with Crippen LogP contribution in [0.25, 0.3) is 17.0 Å². The quantitative estimate of drug-likeness (QED) is 0.356. The molecule has 176 valence electrons. The molecule has 1 atom stereocenters. The van der Waals surface area contributed by atoms with Crippen molar-refractivity contribution in [2.75, 3.05) is 7.11 Å². The molecule has 0 fully saturated rings. The fraction of sp³-hybridized carbons (Fsp3) is 0.148. The van der Waals surface area contributed by atoms with Crippen molar-refractivity contribution in [2.45, 2.75) is 19.5 Å². The van der Waals surface area contributed by atoms with Gasteiger partial charge < -0.3 is 14.6 Å². The Morgan fingerprint density at radius 2 is 1.86 bits per heavy atom. The molecule has 1 unspecified atom stereocenters. The maximum atomic E-state index is 13.3. The normalized spacial score (nSPS) is 15.8. The number of benzene rings is 3. The SMILES string of the molecule is COc1cccc(C2NC(=O)N(Cc3ccccc3)C(C)=C2c2nc(-c3cccc(Cl)c3)no2)c1. The van der Waals surface area contributed by atoms with E-state index in [1.165, 1.54) is 0 Å². The minimum atomic E-state index is -0.503. The number of carbonyl (C=O) groups is 1. The van der Waals surface area contributed by atoms with Gasteiger partial charge in [-0.15, -0.1) is 0 Å². The number of methoxy groups -OCH3 is 1. The molecule has 1 aromatic heterocycles. The van der Waals surface area contributed by atoms with E-state index in [1.54, 1.807) is 24.1 Å². The number of hydrogen-bond donors (Lipinski definition) is 1. The molecule has 1 N–H and O–H groups in total. The van der Waals surface area contributed by atoms with Crippen molar-refractivity contribution in [3.05, 3.63) is 107 Å². The Morgan fingerprint density at radius 1 is 1.06 bits per heavy atom. The Hall–Kier alpha value is -4.10. The van der Waals surface area contributed by atoms with E-state index >= 15 is 0 Å². The van der Waals surface area contributed by atoms with Crippen LogP contribution in [0.5, 0.6) is 5.75 Å². The summed E-state index contributed by atoms with van der Waals surface area (Å²) in [7, 11) is 1.61. The van der Waals surface area contributed by atoms with Crippen molar-refractivity contribution in [1.82, 2.24) is 20.4 Å². The van der Waals surface area contributed by atoms with Crippen molar-refractivity contribution < 1.29 is 14.1 Å². The lowest BCUT2D eigenvalue weighted by Gasteiger charge is -2.35. The van der Waals surface area contributed by atoms with Crippen LogP contribution in [-0.2, 0) is 6.54 Å². The number of aromatic nitrogens is 2. The van der Waals surface area contributed by atoms with Gasteiger partial charge in [-0.05, 0) is 42.3 Å². The van der Waals surface area contributed by atoms with Gasteiger partial charge in [0.1, 0.15) is 5.75 Å². The third-order valence-corrected chi connectivity index (χ3v) is 6.18. The zero-order valence-corrected chi connectivity index (χ0v) is 20.0. The molecule has 4 aromatic rings. The van der Waals surface area contributed by atoms with Gasteiger partial charge in [-0.2, -0.15) is 4.98 Å². The van der Waals surface area contributed by atoms with E-state index in [4.69, 9.17) is 20.9 Å². The molecule has 1 aliphatic heterocycles. The maximum Gasteiger partial charge on any atom is 0.322 e. The first-order chi connectivity index (χ1) is 17.0. The fourth-order valence-electron chi connectivity index (χ4n) is 4.16. The van der Waals surface area contributed by atoms with Gasteiger partial charge in [-0.3, -0.25) is 4.90 Å². The molecular formula is C27H23ClN4O3. The van der Waals surface area contributed by atoms with Crippen molar-refractivity contribution in [3.8, 4) is 17.1 Å². The number of amides is 2. The van der Waals surface area contributed by atoms with Crippen LogP contribution in [0, 0.1) is 0 Å². The first-order valence-corrected chi connectivity index (χ1v) is 11.5. The zero-order valence-electron chi connectivity index (χ0n) is 19.2. The number of ether oxygens (including phenoxy) is 1. The van der Waals surface area contributed by atoms with Crippen LogP contribution in [0.4, 0.5) is 4.79 Å². The predicted octanol–water partition coefficient (Wildman–Crippen LogP) is 6.10. The summed E-state index contributed by atoms with van der Waals surface area (Å²) in [5.41, 5.74) is 4.03. The summed E-state index contributed by atoms with van der Waals surface area (Å²) in [4.78, 5) is 19.6. The highest BCUT2D eigenvalue weighted by Gasteiger charge is 2.36. The second kappa shape index (κ2) is 9.64. The first-order valence-electron chi connectivity index (χ1n) is 11.1. The van der Waals surface area contributed by atoms with Crippen molar-refractivity contribution >= 4 is 23.2 Å². The molecule has 3 aromatic carbocycles. The number of carbonyl (C=O) groups excluding carboxylic acids is 1. The molecule has 0 radical (unpaired) electrons. The van der Waals surface area contributed by atoms with Crippen LogP contribution in [0.3, 0.4) is 0 Å². The van der Waals surface area contributed by atoms with Crippen molar-refractivity contribution in [3.63, 3.8) is 0 Å². The summed E-state index contributed by atoms with van der Waals surface area (Å²) < 4.78 is 11.2. The van der Waals surface area contributed by atoms with Gasteiger partial charge in [0.25, 0.3) is 5.89 Å². The molecule has 8 heteroatoms. The summed E-state index contributed by atoms with van der Waals surface area (Å²) in [5, 5.41) is 7.89. The standard InChI is InChI=1S/C27H23ClN4O3/c1-17-23(26-30-25(31-35-26)20-11-6-12-21(28)14-20)24(19-10-7-13-22(15-19)34-2)29-27(33)32(17)16-18-8-4-3-5-9-18/h3-15,24H,16H2,1-2H3,(H,29,33). The van der Waals surface area contributed by atoms with Gasteiger partial charge in [0, 0.05) is 16.3 Å². The molecule has 35 heavy (non-hydrogen) atoms. The summed E-state index contributed by atoms with van der Waals surface area (Å²) in [6, 6.07) is 23.9. The summed E-state index contributed by atoms with van der Waals surface area (Å²) in [6.45, 7) is 2.30. The Kier molecular flexibility index (Phi) is 6.25. The molecule has 0 bridgehead atoms. The lowest BCUT2D eigenvalue weighted by Crippen LogP contribution is -2.45. The second-order valence-corrected chi connectivity index (χ2v) is 8.60. The monoisotopic (exact) mass is 486 g/mol. The van der Waals surface area contributed by atoms with Crippen LogP contribution in [0.1, 0.15) is 30.0 Å². The van der Waals surface area contributed by atoms with E-state index in [9.17, 15) is 4.79 Å². The number of hydrogen-bond acceptors (Lipinski definition) is 5. The number of nitrogens with one attached hydrogen (secondary N) is 1. The molecule has 2 heterocycles. The van der Waals surface area contributed by atoms with Gasteiger partial charge in [0.05, 0.1) is 25.3 Å². The Balaban J connectivity index is 1.61. The van der Waals surface area contributed by atoms with E-state index in [0.29, 0.717) is 29.0 Å². The Bertz CT molecular complexity index is 1400. The van der Waals surface area contributed by atoms with Gasteiger partial charge in [-0.1, -0.05) is 71.4 Å². The highest BCUT2D eigenvalue weighted by atomic mass is 35.5. The molecule has 0 spiro atoms. The van der Waals surface area contributed by atoms with Gasteiger partial charge in [0.2, 0.25) is 5.82 Å². The largest absolute Gasteiger partial charge is 0.497 e. The van der Waals surface area contributed by atoms with Gasteiger partial charge >= 0.3 is 6.03 Å². The Labute approximate surface area is 208 Å². The average molecular weight is 487 g/mol. The van der Waals surface area contributed by atoms with E-state index in [0.717, 1.165) is 28.0 Å². The van der Waals surface area contributed by atoms with E-state index in [2.05, 4.69) is 15.5 Å². The first kappa shape index (κ1) is 22.7. The summed E-state index contributed by atoms with van der Waals surface area (Å²) in [5.74, 6) is 1.42. The van der Waals surface area contributed by atoms with Crippen LogP contribution in [0.15, 0.2) is 89.1 Å². The topological polar surface area (TPSA) is 80.5 Å². The predicted molar refractivity (Wildman–Crippen MR) is 134 cm³/mol. The van der Waals surface area contributed by atoms with Crippen LogP contribution >= 0.6 is 11.6 Å². The van der Waals surface area contributed by atoms with Crippen molar-refractivity contribution in [2.24, 2.45) is 0 Å². The average Bonchev–Trinajstić information content (AvgIpc) is 3.37. The minimum absolute atomic E-state index is 0.211. The number of urea groups is 1. The highest BCUT2D eigenvalue weighted by molar-refractivity contribution is 6.30. The number of halogens is 1. The zero-order chi connectivity index (χ0) is 24.4. The number of rotatable bonds is 6. The number of nitrogens with zero attached hydrogens (tertiary/aromatic N) is 3. The molecule has 0 saturated heterocycles. The van der Waals surface area contributed by atoms with Crippen molar-refractivity contribution in [1.29, 1.82) is 0 Å². The molecule has 0 aliphatic carbocycles. The van der Waals surface area contributed by atoms with Crippen LogP contribution in [-0.4, -0.2) is 28.2 Å². The third-order valence-electron chi connectivity index (χ3n) is 5.95. The maximum absolute atomic E-state index is 13.3. The van der Waals surface area contributed by atoms with E-state index < -0.39 is 6.04 Å². The molecule has 1 aliphatic rings. The van der Waals surface area contributed by atoms with E-state index in [1.807, 2.05) is 73.7 Å². The summed E-state index contributed by atoms with van der Waals surface area (Å²) in [6.07, 6.45) is 0. The highest BCUT2D eigenvalue weighted by Crippen LogP contribution is 2.38. The van der Waals surface area contributed by atoms with E-state index in [-0.39, 0.29) is 6.03 Å². The lowest BCUT2D eigenvalue weighted by molar-refractivity contribution is 0.203.